The maximum atomic E-state index is 12.7. The number of phenols is 1. The summed E-state index contributed by atoms with van der Waals surface area (Å²) >= 11 is 0. The Labute approximate surface area is 147 Å². The van der Waals surface area contributed by atoms with Crippen LogP contribution in [-0.4, -0.2) is 28.9 Å². The summed E-state index contributed by atoms with van der Waals surface area (Å²) in [6.07, 6.45) is 0.850. The molecule has 1 amide bonds. The maximum Gasteiger partial charge on any atom is 0.256 e. The van der Waals surface area contributed by atoms with Crippen LogP contribution in [0.15, 0.2) is 18.2 Å². The Bertz CT molecular complexity index is 561. The maximum absolute atomic E-state index is 12.7. The molecule has 1 aromatic carbocycles. The SMILES string of the molecule is Cc1cc(O)ccc1C1=[C-]CC(C)C(=O)N1CC(F)F.[Y]. The number of carbonyl (C=O) groups is 1. The number of aromatic hydroxyl groups is 1. The third-order valence-corrected chi connectivity index (χ3v) is 3.32. The molecule has 1 aliphatic rings. The van der Waals surface area contributed by atoms with E-state index < -0.39 is 13.0 Å². The van der Waals surface area contributed by atoms with Crippen molar-refractivity contribution in [2.75, 3.05) is 6.54 Å². The van der Waals surface area contributed by atoms with Crippen LogP contribution in [0.1, 0.15) is 24.5 Å². The first kappa shape index (κ1) is 18.2. The fraction of sp³-hybridized carbons (Fsp3) is 0.400. The van der Waals surface area contributed by atoms with E-state index in [9.17, 15) is 18.7 Å². The van der Waals surface area contributed by atoms with Gasteiger partial charge in [0.1, 0.15) is 5.75 Å². The van der Waals surface area contributed by atoms with Gasteiger partial charge in [-0.25, -0.2) is 14.9 Å². The van der Waals surface area contributed by atoms with Crippen LogP contribution in [0.25, 0.3) is 5.70 Å². The molecule has 0 aromatic heterocycles. The molecule has 1 atom stereocenters. The molecule has 0 saturated heterocycles. The van der Waals surface area contributed by atoms with E-state index in [0.29, 0.717) is 23.2 Å². The van der Waals surface area contributed by atoms with E-state index in [1.165, 1.54) is 12.1 Å². The van der Waals surface area contributed by atoms with Crippen molar-refractivity contribution >= 4 is 11.6 Å². The van der Waals surface area contributed by atoms with E-state index in [1.807, 2.05) is 0 Å². The fourth-order valence-electron chi connectivity index (χ4n) is 2.28. The Hall–Kier alpha value is -0.806. The molecule has 1 aliphatic heterocycles. The number of aryl methyl sites for hydroxylation is 1. The Morgan fingerprint density at radius 2 is 2.14 bits per heavy atom. The number of amides is 1. The number of benzene rings is 1. The number of allylic oxidation sites excluding steroid dienone is 1. The first-order valence-corrected chi connectivity index (χ1v) is 6.40. The predicted octanol–water partition coefficient (Wildman–Crippen LogP) is 2.98. The number of alkyl halides is 2. The van der Waals surface area contributed by atoms with Crippen molar-refractivity contribution in [3.8, 4) is 5.75 Å². The van der Waals surface area contributed by atoms with Gasteiger partial charge >= 0.3 is 0 Å². The summed E-state index contributed by atoms with van der Waals surface area (Å²) in [7, 11) is 0. The van der Waals surface area contributed by atoms with Crippen molar-refractivity contribution in [1.82, 2.24) is 4.90 Å². The Balaban J connectivity index is 0.00000220. The number of rotatable bonds is 3. The summed E-state index contributed by atoms with van der Waals surface area (Å²) in [5, 5.41) is 9.41. The number of nitrogens with zero attached hydrogens (tertiary/aromatic N) is 1. The van der Waals surface area contributed by atoms with Crippen LogP contribution < -0.4 is 0 Å². The van der Waals surface area contributed by atoms with E-state index in [-0.39, 0.29) is 50.3 Å². The molecular formula is C15H16F2NO2Y-. The third-order valence-electron chi connectivity index (χ3n) is 3.32. The van der Waals surface area contributed by atoms with Gasteiger partial charge in [0.15, 0.2) is 0 Å². The topological polar surface area (TPSA) is 40.5 Å². The van der Waals surface area contributed by atoms with Crippen molar-refractivity contribution in [3.63, 3.8) is 0 Å². The van der Waals surface area contributed by atoms with Gasteiger partial charge in [0.25, 0.3) is 6.43 Å². The van der Waals surface area contributed by atoms with Gasteiger partial charge in [0.2, 0.25) is 5.91 Å². The second-order valence-electron chi connectivity index (χ2n) is 4.97. The van der Waals surface area contributed by atoms with Gasteiger partial charge in [-0.2, -0.15) is 0 Å². The first-order chi connectivity index (χ1) is 9.40. The number of halogens is 2. The molecule has 3 nitrogen and oxygen atoms in total. The first-order valence-electron chi connectivity index (χ1n) is 6.40. The van der Waals surface area contributed by atoms with Crippen LogP contribution >= 0.6 is 0 Å². The smallest absolute Gasteiger partial charge is 0.256 e. The largest absolute Gasteiger partial charge is 0.508 e. The van der Waals surface area contributed by atoms with Crippen molar-refractivity contribution in [3.05, 3.63) is 35.4 Å². The van der Waals surface area contributed by atoms with Gasteiger partial charge in [-0.1, -0.05) is 20.3 Å². The molecular weight excluding hydrogens is 353 g/mol. The van der Waals surface area contributed by atoms with Gasteiger partial charge in [-0.15, -0.1) is 22.9 Å². The second kappa shape index (κ2) is 7.45. The van der Waals surface area contributed by atoms with Crippen LogP contribution in [0.5, 0.6) is 5.75 Å². The predicted molar refractivity (Wildman–Crippen MR) is 71.0 cm³/mol. The van der Waals surface area contributed by atoms with E-state index in [4.69, 9.17) is 0 Å². The molecule has 1 aromatic rings. The Morgan fingerprint density at radius 3 is 2.71 bits per heavy atom. The fourth-order valence-corrected chi connectivity index (χ4v) is 2.28. The zero-order valence-electron chi connectivity index (χ0n) is 11.9. The molecule has 0 fully saturated rings. The number of carbonyl (C=O) groups excluding carboxylic acids is 1. The van der Waals surface area contributed by atoms with Crippen molar-refractivity contribution in [2.45, 2.75) is 26.7 Å². The molecule has 0 aliphatic carbocycles. The molecule has 1 radical (unpaired) electrons. The summed E-state index contributed by atoms with van der Waals surface area (Å²) in [4.78, 5) is 13.2. The van der Waals surface area contributed by atoms with Crippen LogP contribution in [0.3, 0.4) is 0 Å². The van der Waals surface area contributed by atoms with Crippen molar-refractivity contribution in [1.29, 1.82) is 0 Å². The number of hydrogen-bond donors (Lipinski definition) is 1. The summed E-state index contributed by atoms with van der Waals surface area (Å²) in [6, 6.07) is 4.63. The minimum absolute atomic E-state index is 0. The van der Waals surface area contributed by atoms with Gasteiger partial charge in [-0.05, 0) is 12.1 Å². The molecule has 0 saturated carbocycles. The molecule has 21 heavy (non-hydrogen) atoms. The number of hydrogen-bond acceptors (Lipinski definition) is 2. The summed E-state index contributed by atoms with van der Waals surface area (Å²) in [5.41, 5.74) is 1.74. The van der Waals surface area contributed by atoms with Crippen molar-refractivity contribution in [2.24, 2.45) is 5.92 Å². The van der Waals surface area contributed by atoms with Gasteiger partial charge in [0.05, 0.1) is 6.54 Å². The molecule has 0 bridgehead atoms. The minimum Gasteiger partial charge on any atom is -0.508 e. The molecule has 2 rings (SSSR count). The standard InChI is InChI=1S/C15H16F2NO2.Y/c1-9-3-6-13(18(15(9)20)8-14(16)17)12-5-4-11(19)7-10(12)2;/h4-5,7,9,14,19H,3,8H2,1-2H3;/q-1;. The van der Waals surface area contributed by atoms with Crippen LogP contribution in [0, 0.1) is 18.9 Å². The minimum atomic E-state index is -2.60. The van der Waals surface area contributed by atoms with Crippen LogP contribution in [-0.2, 0) is 37.5 Å². The molecule has 1 unspecified atom stereocenters. The monoisotopic (exact) mass is 369 g/mol. The zero-order chi connectivity index (χ0) is 14.9. The van der Waals surface area contributed by atoms with E-state index in [0.717, 1.165) is 4.90 Å². The molecule has 111 valence electrons. The average molecular weight is 369 g/mol. The van der Waals surface area contributed by atoms with Gasteiger partial charge < -0.3 is 10.0 Å². The van der Waals surface area contributed by atoms with Crippen LogP contribution in [0.2, 0.25) is 0 Å². The van der Waals surface area contributed by atoms with Gasteiger partial charge in [0, 0.05) is 38.6 Å². The molecule has 6 heteroatoms. The summed E-state index contributed by atoms with van der Waals surface area (Å²) < 4.78 is 25.4. The quantitative estimate of drug-likeness (QED) is 0.833. The molecule has 1 N–H and O–H groups in total. The third kappa shape index (κ3) is 4.10. The molecule has 0 spiro atoms. The second-order valence-corrected chi connectivity index (χ2v) is 4.97. The van der Waals surface area contributed by atoms with E-state index in [2.05, 4.69) is 6.08 Å². The molecule has 1 heterocycles. The van der Waals surface area contributed by atoms with E-state index >= 15 is 0 Å². The number of phenolic OH excluding ortho intramolecular Hbond substituents is 1. The van der Waals surface area contributed by atoms with Crippen molar-refractivity contribution < 1.29 is 51.4 Å². The normalized spacial score (nSPS) is 18.5. The average Bonchev–Trinajstić information content (AvgIpc) is 2.36. The Kier molecular flexibility index (Phi) is 6.48. The van der Waals surface area contributed by atoms with E-state index in [1.54, 1.807) is 19.9 Å². The summed E-state index contributed by atoms with van der Waals surface area (Å²) in [6.45, 7) is 2.83. The van der Waals surface area contributed by atoms with Gasteiger partial charge in [-0.3, -0.25) is 4.79 Å². The summed E-state index contributed by atoms with van der Waals surface area (Å²) in [5.74, 6) is -0.552. The Morgan fingerprint density at radius 1 is 1.48 bits per heavy atom. The van der Waals surface area contributed by atoms with Crippen LogP contribution in [0.4, 0.5) is 8.78 Å². The zero-order valence-corrected chi connectivity index (χ0v) is 14.8.